The van der Waals surface area contributed by atoms with Gasteiger partial charge < -0.3 is 20.3 Å². The van der Waals surface area contributed by atoms with Crippen LogP contribution in [0.2, 0.25) is 0 Å². The molecule has 2 N–H and O–H groups in total. The number of pyridine rings is 1. The number of para-hydroxylation sites is 1. The van der Waals surface area contributed by atoms with Gasteiger partial charge in [-0.3, -0.25) is 0 Å². The number of esters is 1. The number of hydrogen-bond acceptors (Lipinski definition) is 6. The lowest BCUT2D eigenvalue weighted by atomic mass is 10.0. The molecular weight excluding hydrogens is 352 g/mol. The third-order valence-electron chi connectivity index (χ3n) is 5.12. The molecular formula is C22H30N4O2. The summed E-state index contributed by atoms with van der Waals surface area (Å²) < 4.78 is 5.24. The lowest BCUT2D eigenvalue weighted by molar-refractivity contribution is 0.0519. The third-order valence-corrected chi connectivity index (χ3v) is 5.12. The molecule has 1 aliphatic heterocycles. The molecule has 6 heteroatoms. The quantitative estimate of drug-likeness (QED) is 0.697. The maximum Gasteiger partial charge on any atom is 0.357 e. The van der Waals surface area contributed by atoms with Gasteiger partial charge in [-0.05, 0) is 58.4 Å². The van der Waals surface area contributed by atoms with Gasteiger partial charge in [0, 0.05) is 36.1 Å². The molecule has 1 aromatic carbocycles. The van der Waals surface area contributed by atoms with Gasteiger partial charge in [-0.1, -0.05) is 18.2 Å². The highest BCUT2D eigenvalue weighted by atomic mass is 16.5. The highest BCUT2D eigenvalue weighted by Gasteiger charge is 2.25. The maximum absolute atomic E-state index is 12.5. The third kappa shape index (κ3) is 4.62. The Kier molecular flexibility index (Phi) is 6.87. The lowest BCUT2D eigenvalue weighted by Gasteiger charge is -2.33. The van der Waals surface area contributed by atoms with Crippen molar-refractivity contribution in [3.05, 3.63) is 47.7 Å². The van der Waals surface area contributed by atoms with Crippen molar-refractivity contribution >= 4 is 23.2 Å². The van der Waals surface area contributed by atoms with E-state index in [0.717, 1.165) is 42.9 Å². The molecule has 0 bridgehead atoms. The fraction of sp³-hybridized carbons (Fsp3) is 0.455. The summed E-state index contributed by atoms with van der Waals surface area (Å²) in [4.78, 5) is 19.5. The van der Waals surface area contributed by atoms with Crippen LogP contribution in [0.25, 0.3) is 0 Å². The fourth-order valence-corrected chi connectivity index (χ4v) is 3.57. The minimum atomic E-state index is -0.388. The van der Waals surface area contributed by atoms with Crippen LogP contribution in [0.1, 0.15) is 55.2 Å². The predicted octanol–water partition coefficient (Wildman–Crippen LogP) is 4.27. The van der Waals surface area contributed by atoms with Crippen LogP contribution in [0.5, 0.6) is 0 Å². The molecule has 2 aromatic rings. The van der Waals surface area contributed by atoms with Crippen LogP contribution < -0.4 is 15.5 Å². The Hall–Kier alpha value is -2.60. The number of hydrogen-bond donors (Lipinski definition) is 2. The normalized spacial score (nSPS) is 15.2. The smallest absolute Gasteiger partial charge is 0.357 e. The first-order valence-electron chi connectivity index (χ1n) is 10.1. The van der Waals surface area contributed by atoms with Gasteiger partial charge in [-0.2, -0.15) is 0 Å². The zero-order chi connectivity index (χ0) is 19.9. The average molecular weight is 383 g/mol. The van der Waals surface area contributed by atoms with Crippen LogP contribution in [0, 0.1) is 0 Å². The van der Waals surface area contributed by atoms with E-state index >= 15 is 0 Å². The standard InChI is InChI=1S/C22H30N4O2/c1-4-28-22(27)18-15-19(26-13-9-6-10-14-26)20(16(2)23-3)21(25-18)24-17-11-7-5-8-12-17/h5,7-8,11-12,15-16,23H,4,6,9-10,13-14H2,1-3H3,(H,24,25). The molecule has 2 heterocycles. The van der Waals surface area contributed by atoms with Gasteiger partial charge in [0.2, 0.25) is 0 Å². The summed E-state index contributed by atoms with van der Waals surface area (Å²) in [6, 6.07) is 11.9. The molecule has 150 valence electrons. The summed E-state index contributed by atoms with van der Waals surface area (Å²) >= 11 is 0. The Morgan fingerprint density at radius 1 is 1.21 bits per heavy atom. The molecule has 1 saturated heterocycles. The van der Waals surface area contributed by atoms with Crippen molar-refractivity contribution in [3.8, 4) is 0 Å². The predicted molar refractivity (Wildman–Crippen MR) is 113 cm³/mol. The summed E-state index contributed by atoms with van der Waals surface area (Å²) in [5, 5.41) is 6.76. The number of carbonyl (C=O) groups is 1. The van der Waals surface area contributed by atoms with Gasteiger partial charge in [0.15, 0.2) is 5.69 Å². The molecule has 1 aliphatic rings. The van der Waals surface area contributed by atoms with Gasteiger partial charge in [-0.25, -0.2) is 9.78 Å². The summed E-state index contributed by atoms with van der Waals surface area (Å²) in [5.41, 5.74) is 3.40. The molecule has 0 amide bonds. The van der Waals surface area contributed by atoms with Crippen molar-refractivity contribution in [1.29, 1.82) is 0 Å². The number of nitrogens with zero attached hydrogens (tertiary/aromatic N) is 2. The van der Waals surface area contributed by atoms with Gasteiger partial charge in [-0.15, -0.1) is 0 Å². The number of nitrogens with one attached hydrogen (secondary N) is 2. The maximum atomic E-state index is 12.5. The van der Waals surface area contributed by atoms with E-state index in [2.05, 4.69) is 27.4 Å². The first-order chi connectivity index (χ1) is 13.6. The molecule has 1 unspecified atom stereocenters. The largest absolute Gasteiger partial charge is 0.461 e. The number of carbonyl (C=O) groups excluding carboxylic acids is 1. The molecule has 6 nitrogen and oxygen atoms in total. The summed E-state index contributed by atoms with van der Waals surface area (Å²) in [6.07, 6.45) is 3.57. The van der Waals surface area contributed by atoms with Gasteiger partial charge in [0.1, 0.15) is 5.82 Å². The lowest BCUT2D eigenvalue weighted by Crippen LogP contribution is -2.32. The number of anilines is 3. The van der Waals surface area contributed by atoms with E-state index in [1.165, 1.54) is 6.42 Å². The highest BCUT2D eigenvalue weighted by molar-refractivity contribution is 5.90. The zero-order valence-corrected chi connectivity index (χ0v) is 17.0. The van der Waals surface area contributed by atoms with Crippen molar-refractivity contribution in [2.75, 3.05) is 37.0 Å². The Morgan fingerprint density at radius 3 is 2.57 bits per heavy atom. The number of benzene rings is 1. The second kappa shape index (κ2) is 9.55. The topological polar surface area (TPSA) is 66.5 Å². The molecule has 1 atom stereocenters. The number of piperidine rings is 1. The van der Waals surface area contributed by atoms with Crippen LogP contribution in [-0.4, -0.2) is 37.7 Å². The monoisotopic (exact) mass is 382 g/mol. The second-order valence-electron chi connectivity index (χ2n) is 7.06. The average Bonchev–Trinajstić information content (AvgIpc) is 2.74. The first kappa shape index (κ1) is 20.1. The Morgan fingerprint density at radius 2 is 1.93 bits per heavy atom. The van der Waals surface area contributed by atoms with Crippen molar-refractivity contribution < 1.29 is 9.53 Å². The van der Waals surface area contributed by atoms with Gasteiger partial charge in [0.05, 0.1) is 6.61 Å². The van der Waals surface area contributed by atoms with Crippen molar-refractivity contribution in [2.45, 2.75) is 39.2 Å². The van der Waals surface area contributed by atoms with E-state index in [0.29, 0.717) is 18.1 Å². The minimum absolute atomic E-state index is 0.0758. The summed E-state index contributed by atoms with van der Waals surface area (Å²) in [6.45, 7) is 6.23. The summed E-state index contributed by atoms with van der Waals surface area (Å²) in [7, 11) is 1.94. The van der Waals surface area contributed by atoms with Crippen LogP contribution in [0.4, 0.5) is 17.2 Å². The molecule has 3 rings (SSSR count). The molecule has 28 heavy (non-hydrogen) atoms. The molecule has 0 saturated carbocycles. The highest BCUT2D eigenvalue weighted by Crippen LogP contribution is 2.35. The van der Waals surface area contributed by atoms with E-state index in [-0.39, 0.29) is 12.0 Å². The molecule has 1 aromatic heterocycles. The molecule has 0 aliphatic carbocycles. The molecule has 1 fully saturated rings. The van der Waals surface area contributed by atoms with Crippen molar-refractivity contribution in [3.63, 3.8) is 0 Å². The van der Waals surface area contributed by atoms with Crippen LogP contribution in [0.3, 0.4) is 0 Å². The van der Waals surface area contributed by atoms with Gasteiger partial charge >= 0.3 is 5.97 Å². The van der Waals surface area contributed by atoms with Crippen LogP contribution >= 0.6 is 0 Å². The summed E-state index contributed by atoms with van der Waals surface area (Å²) in [5.74, 6) is 0.305. The Bertz CT molecular complexity index is 789. The molecule has 0 radical (unpaired) electrons. The Balaban J connectivity index is 2.12. The second-order valence-corrected chi connectivity index (χ2v) is 7.06. The van der Waals surface area contributed by atoms with E-state index in [9.17, 15) is 4.79 Å². The van der Waals surface area contributed by atoms with E-state index in [1.807, 2.05) is 50.4 Å². The fourth-order valence-electron chi connectivity index (χ4n) is 3.57. The number of aromatic nitrogens is 1. The van der Waals surface area contributed by atoms with Gasteiger partial charge in [0.25, 0.3) is 0 Å². The van der Waals surface area contributed by atoms with E-state index < -0.39 is 0 Å². The van der Waals surface area contributed by atoms with Crippen molar-refractivity contribution in [1.82, 2.24) is 10.3 Å². The Labute approximate surface area is 167 Å². The molecule has 0 spiro atoms. The number of rotatable bonds is 7. The zero-order valence-electron chi connectivity index (χ0n) is 17.0. The van der Waals surface area contributed by atoms with Crippen LogP contribution in [-0.2, 0) is 4.74 Å². The first-order valence-corrected chi connectivity index (χ1v) is 10.1. The number of ether oxygens (including phenoxy) is 1. The van der Waals surface area contributed by atoms with E-state index in [4.69, 9.17) is 4.74 Å². The van der Waals surface area contributed by atoms with E-state index in [1.54, 1.807) is 0 Å². The SMILES string of the molecule is CCOC(=O)c1cc(N2CCCCC2)c(C(C)NC)c(Nc2ccccc2)n1. The van der Waals surface area contributed by atoms with Crippen LogP contribution in [0.15, 0.2) is 36.4 Å². The van der Waals surface area contributed by atoms with Crippen molar-refractivity contribution in [2.24, 2.45) is 0 Å². The minimum Gasteiger partial charge on any atom is -0.461 e.